The van der Waals surface area contributed by atoms with Crippen molar-refractivity contribution in [2.24, 2.45) is 5.92 Å². The fourth-order valence-corrected chi connectivity index (χ4v) is 4.04. The van der Waals surface area contributed by atoms with E-state index in [0.29, 0.717) is 11.4 Å². The average molecular weight is 412 g/mol. The summed E-state index contributed by atoms with van der Waals surface area (Å²) in [5, 5.41) is 6.08. The van der Waals surface area contributed by atoms with Crippen molar-refractivity contribution in [3.63, 3.8) is 0 Å². The minimum atomic E-state index is -0.411. The van der Waals surface area contributed by atoms with Crippen LogP contribution in [0.15, 0.2) is 60.1 Å². The molecule has 4 rings (SSSR count). The number of hydrogen-bond acceptors (Lipinski definition) is 5. The van der Waals surface area contributed by atoms with Gasteiger partial charge in [-0.3, -0.25) is 9.69 Å². The topological polar surface area (TPSA) is 54.5 Å². The second-order valence-electron chi connectivity index (χ2n) is 7.02. The van der Waals surface area contributed by atoms with Crippen LogP contribution < -0.4 is 10.1 Å². The standard InChI is InChI=1S/C22H22FN3O2S/c23-19-3-1-2-4-20(19)28-18-7-5-17(6-8-18)25-22(27)16-9-12-26(13-10-16)15-21-24-11-14-29-21/h1-8,11,14,16H,9-10,12-13,15H2,(H,25,27). The lowest BCUT2D eigenvalue weighted by atomic mass is 9.96. The van der Waals surface area contributed by atoms with Gasteiger partial charge >= 0.3 is 0 Å². The smallest absolute Gasteiger partial charge is 0.227 e. The number of halogens is 1. The molecule has 0 saturated carbocycles. The van der Waals surface area contributed by atoms with Gasteiger partial charge < -0.3 is 10.1 Å². The molecule has 7 heteroatoms. The van der Waals surface area contributed by atoms with Crippen LogP contribution in [0, 0.1) is 11.7 Å². The van der Waals surface area contributed by atoms with E-state index in [9.17, 15) is 9.18 Å². The summed E-state index contributed by atoms with van der Waals surface area (Å²) in [6.07, 6.45) is 3.50. The molecular formula is C22H22FN3O2S. The molecule has 2 heterocycles. The summed E-state index contributed by atoms with van der Waals surface area (Å²) in [5.74, 6) is 0.335. The minimum absolute atomic E-state index is 0.0110. The Morgan fingerprint density at radius 1 is 1.17 bits per heavy atom. The van der Waals surface area contributed by atoms with Crippen LogP contribution in [0.4, 0.5) is 10.1 Å². The first kappa shape index (κ1) is 19.5. The van der Waals surface area contributed by atoms with Crippen LogP contribution in [0.25, 0.3) is 0 Å². The van der Waals surface area contributed by atoms with E-state index >= 15 is 0 Å². The van der Waals surface area contributed by atoms with Crippen LogP contribution in [0.3, 0.4) is 0 Å². The van der Waals surface area contributed by atoms with Crippen LogP contribution in [-0.4, -0.2) is 28.9 Å². The molecule has 0 atom stereocenters. The molecule has 2 aromatic carbocycles. The minimum Gasteiger partial charge on any atom is -0.454 e. The molecule has 1 aromatic heterocycles. The van der Waals surface area contributed by atoms with Crippen LogP contribution in [0.5, 0.6) is 11.5 Å². The number of nitrogens with zero attached hydrogens (tertiary/aromatic N) is 2. The first-order chi connectivity index (χ1) is 14.2. The number of aromatic nitrogens is 1. The zero-order valence-electron chi connectivity index (χ0n) is 15.9. The van der Waals surface area contributed by atoms with Gasteiger partial charge in [-0.15, -0.1) is 11.3 Å². The van der Waals surface area contributed by atoms with Crippen LogP contribution in [0.2, 0.25) is 0 Å². The summed E-state index contributed by atoms with van der Waals surface area (Å²) < 4.78 is 19.2. The lowest BCUT2D eigenvalue weighted by Gasteiger charge is -2.30. The highest BCUT2D eigenvalue weighted by atomic mass is 32.1. The van der Waals surface area contributed by atoms with Gasteiger partial charge in [-0.05, 0) is 62.3 Å². The highest BCUT2D eigenvalue weighted by molar-refractivity contribution is 7.09. The summed E-state index contributed by atoms with van der Waals surface area (Å²) in [5.41, 5.74) is 0.709. The Labute approximate surface area is 173 Å². The van der Waals surface area contributed by atoms with Crippen molar-refractivity contribution in [3.8, 4) is 11.5 Å². The fraction of sp³-hybridized carbons (Fsp3) is 0.273. The van der Waals surface area contributed by atoms with Gasteiger partial charge in [-0.2, -0.15) is 0 Å². The van der Waals surface area contributed by atoms with E-state index < -0.39 is 5.82 Å². The van der Waals surface area contributed by atoms with Gasteiger partial charge in [0.05, 0.1) is 6.54 Å². The van der Waals surface area contributed by atoms with E-state index in [-0.39, 0.29) is 17.6 Å². The van der Waals surface area contributed by atoms with E-state index in [0.717, 1.165) is 37.5 Å². The number of likely N-dealkylation sites (tertiary alicyclic amines) is 1. The van der Waals surface area contributed by atoms with E-state index in [1.54, 1.807) is 53.8 Å². The van der Waals surface area contributed by atoms with Gasteiger partial charge in [0.25, 0.3) is 0 Å². The fourth-order valence-electron chi connectivity index (χ4n) is 3.38. The lowest BCUT2D eigenvalue weighted by molar-refractivity contribution is -0.121. The summed E-state index contributed by atoms with van der Waals surface area (Å²) in [7, 11) is 0. The van der Waals surface area contributed by atoms with E-state index in [1.807, 2.05) is 11.6 Å². The van der Waals surface area contributed by atoms with Crippen molar-refractivity contribution in [2.75, 3.05) is 18.4 Å². The maximum absolute atomic E-state index is 13.7. The number of amides is 1. The summed E-state index contributed by atoms with van der Waals surface area (Å²) in [4.78, 5) is 19.3. The molecule has 5 nitrogen and oxygen atoms in total. The first-order valence-corrected chi connectivity index (χ1v) is 10.5. The molecule has 0 aliphatic carbocycles. The van der Waals surface area contributed by atoms with Crippen LogP contribution in [-0.2, 0) is 11.3 Å². The zero-order chi connectivity index (χ0) is 20.1. The van der Waals surface area contributed by atoms with E-state index in [4.69, 9.17) is 4.74 Å². The number of anilines is 1. The number of benzene rings is 2. The summed E-state index contributed by atoms with van der Waals surface area (Å²) >= 11 is 1.66. The number of thiazole rings is 1. The summed E-state index contributed by atoms with van der Waals surface area (Å²) in [6.45, 7) is 2.65. The molecule has 1 aliphatic rings. The van der Waals surface area contributed by atoms with Gasteiger partial charge in [0.1, 0.15) is 10.8 Å². The third-order valence-corrected chi connectivity index (χ3v) is 5.75. The van der Waals surface area contributed by atoms with Gasteiger partial charge in [0.2, 0.25) is 5.91 Å². The maximum atomic E-state index is 13.7. The average Bonchev–Trinajstić information content (AvgIpc) is 3.25. The maximum Gasteiger partial charge on any atom is 0.227 e. The molecule has 1 N–H and O–H groups in total. The zero-order valence-corrected chi connectivity index (χ0v) is 16.7. The molecule has 0 spiro atoms. The van der Waals surface area contributed by atoms with E-state index in [2.05, 4.69) is 15.2 Å². The Morgan fingerprint density at radius 2 is 1.93 bits per heavy atom. The third-order valence-electron chi connectivity index (χ3n) is 4.99. The van der Waals surface area contributed by atoms with Crippen LogP contribution in [0.1, 0.15) is 17.8 Å². The predicted octanol–water partition coefficient (Wildman–Crippen LogP) is 4.93. The molecule has 1 aliphatic heterocycles. The normalized spacial score (nSPS) is 15.2. The second-order valence-corrected chi connectivity index (χ2v) is 8.00. The number of hydrogen-bond donors (Lipinski definition) is 1. The molecule has 0 bridgehead atoms. The monoisotopic (exact) mass is 411 g/mol. The van der Waals surface area contributed by atoms with Gasteiger partial charge in [0.15, 0.2) is 11.6 Å². The molecule has 0 radical (unpaired) electrons. The Balaban J connectivity index is 1.27. The highest BCUT2D eigenvalue weighted by Crippen LogP contribution is 2.26. The van der Waals surface area contributed by atoms with Gasteiger partial charge in [-0.25, -0.2) is 9.37 Å². The number of nitrogens with one attached hydrogen (secondary N) is 1. The number of para-hydroxylation sites is 1. The Hall–Kier alpha value is -2.77. The largest absolute Gasteiger partial charge is 0.454 e. The molecule has 0 unspecified atom stereocenters. The first-order valence-electron chi connectivity index (χ1n) is 9.61. The predicted molar refractivity (Wildman–Crippen MR) is 112 cm³/mol. The second kappa shape index (κ2) is 9.15. The molecule has 3 aromatic rings. The van der Waals surface area contributed by atoms with Crippen molar-refractivity contribution < 1.29 is 13.9 Å². The number of carbonyl (C=O) groups excluding carboxylic acids is 1. The van der Waals surface area contributed by atoms with Crippen molar-refractivity contribution in [1.82, 2.24) is 9.88 Å². The quantitative estimate of drug-likeness (QED) is 0.625. The summed E-state index contributed by atoms with van der Waals surface area (Å²) in [6, 6.07) is 13.2. The van der Waals surface area contributed by atoms with Gasteiger partial charge in [0, 0.05) is 23.2 Å². The van der Waals surface area contributed by atoms with Crippen molar-refractivity contribution in [3.05, 3.63) is 70.9 Å². The Morgan fingerprint density at radius 3 is 2.62 bits per heavy atom. The lowest BCUT2D eigenvalue weighted by Crippen LogP contribution is -2.37. The van der Waals surface area contributed by atoms with Crippen molar-refractivity contribution >= 4 is 22.9 Å². The van der Waals surface area contributed by atoms with Crippen molar-refractivity contribution in [2.45, 2.75) is 19.4 Å². The molecule has 1 amide bonds. The SMILES string of the molecule is O=C(Nc1ccc(Oc2ccccc2F)cc1)C1CCN(Cc2nccs2)CC1. The number of piperidine rings is 1. The number of ether oxygens (including phenoxy) is 1. The van der Waals surface area contributed by atoms with Crippen LogP contribution >= 0.6 is 11.3 Å². The molecule has 1 saturated heterocycles. The van der Waals surface area contributed by atoms with Crippen molar-refractivity contribution in [1.29, 1.82) is 0 Å². The third kappa shape index (κ3) is 5.19. The highest BCUT2D eigenvalue weighted by Gasteiger charge is 2.25. The Bertz CT molecular complexity index is 939. The van der Waals surface area contributed by atoms with Gasteiger partial charge in [-0.1, -0.05) is 12.1 Å². The number of rotatable bonds is 6. The van der Waals surface area contributed by atoms with E-state index in [1.165, 1.54) is 6.07 Å². The molecule has 29 heavy (non-hydrogen) atoms. The molecular weight excluding hydrogens is 389 g/mol. The molecule has 150 valence electrons. The molecule has 1 fully saturated rings. The number of carbonyl (C=O) groups is 1. The Kier molecular flexibility index (Phi) is 6.17.